The van der Waals surface area contributed by atoms with Crippen LogP contribution in [0.15, 0.2) is 0 Å². The molecule has 0 aromatic carbocycles. The molecule has 11 nitrogen and oxygen atoms in total. The molecule has 4 atom stereocenters. The maximum atomic E-state index is 12.6. The summed E-state index contributed by atoms with van der Waals surface area (Å²) < 4.78 is 0. The lowest BCUT2D eigenvalue weighted by atomic mass is 10.1. The Morgan fingerprint density at radius 2 is 1.69 bits per heavy atom. The summed E-state index contributed by atoms with van der Waals surface area (Å²) in [5.41, 5.74) is 5.76. The number of amides is 3. The number of carbonyl (C=O) groups excluding carboxylic acids is 3. The minimum atomic E-state index is -1.26. The van der Waals surface area contributed by atoms with Gasteiger partial charge in [0.15, 0.2) is 0 Å². The Balaban J connectivity index is 2.74. The molecule has 6 N–H and O–H groups in total. The molecule has 0 aromatic heterocycles. The summed E-state index contributed by atoms with van der Waals surface area (Å²) in [6.07, 6.45) is 0.586. The molecule has 0 spiro atoms. The molecule has 1 aliphatic rings. The number of likely N-dealkylation sites (tertiary alicyclic amines) is 1. The van der Waals surface area contributed by atoms with Gasteiger partial charge in [0.25, 0.3) is 0 Å². The first-order valence-electron chi connectivity index (χ1n) is 8.95. The molecule has 1 rings (SSSR count). The van der Waals surface area contributed by atoms with E-state index in [2.05, 4.69) is 35.9 Å². The van der Waals surface area contributed by atoms with E-state index < -0.39 is 53.8 Å². The summed E-state index contributed by atoms with van der Waals surface area (Å²) >= 11 is 7.88. The summed E-state index contributed by atoms with van der Waals surface area (Å²) in [6.45, 7) is 0.288. The topological polar surface area (TPSA) is 179 Å². The van der Waals surface area contributed by atoms with Crippen LogP contribution in [0.5, 0.6) is 0 Å². The number of carboxylic acid groups (broad SMARTS) is 2. The van der Waals surface area contributed by atoms with Crippen molar-refractivity contribution in [2.45, 2.75) is 49.9 Å². The molecule has 3 amide bonds. The largest absolute Gasteiger partial charge is 0.481 e. The number of nitrogens with zero attached hydrogens (tertiary/aromatic N) is 1. The average molecular weight is 451 g/mol. The third-order valence-electron chi connectivity index (χ3n) is 4.44. The number of nitrogens with one attached hydrogen (secondary N) is 2. The van der Waals surface area contributed by atoms with Gasteiger partial charge in [0.2, 0.25) is 17.7 Å². The number of hydrogen-bond donors (Lipinski definition) is 7. The zero-order valence-electron chi connectivity index (χ0n) is 15.6. The number of thiol groups is 2. The molecule has 0 radical (unpaired) electrons. The van der Waals surface area contributed by atoms with Crippen molar-refractivity contribution in [3.63, 3.8) is 0 Å². The van der Waals surface area contributed by atoms with Gasteiger partial charge in [0, 0.05) is 24.5 Å². The lowest BCUT2D eigenvalue weighted by Crippen LogP contribution is -2.57. The molecule has 164 valence electrons. The number of nitrogens with two attached hydrogens (primary N) is 1. The van der Waals surface area contributed by atoms with Gasteiger partial charge in [-0.3, -0.25) is 19.2 Å². The second-order valence-corrected chi connectivity index (χ2v) is 7.28. The van der Waals surface area contributed by atoms with E-state index in [0.717, 1.165) is 0 Å². The molecule has 1 saturated heterocycles. The maximum Gasteiger partial charge on any atom is 0.327 e. The molecule has 4 unspecified atom stereocenters. The monoisotopic (exact) mass is 450 g/mol. The third-order valence-corrected chi connectivity index (χ3v) is 5.17. The second kappa shape index (κ2) is 11.9. The second-order valence-electron chi connectivity index (χ2n) is 6.55. The van der Waals surface area contributed by atoms with E-state index in [0.29, 0.717) is 12.8 Å². The van der Waals surface area contributed by atoms with E-state index in [1.54, 1.807) is 0 Å². The van der Waals surface area contributed by atoms with E-state index in [1.165, 1.54) is 4.90 Å². The van der Waals surface area contributed by atoms with Crippen molar-refractivity contribution in [2.75, 3.05) is 18.1 Å². The zero-order chi connectivity index (χ0) is 22.1. The maximum absolute atomic E-state index is 12.6. The highest BCUT2D eigenvalue weighted by Gasteiger charge is 2.37. The molecule has 13 heteroatoms. The number of carbonyl (C=O) groups is 5. The van der Waals surface area contributed by atoms with Gasteiger partial charge in [0.1, 0.15) is 18.1 Å². The summed E-state index contributed by atoms with van der Waals surface area (Å²) in [5, 5.41) is 22.4. The Kier molecular flexibility index (Phi) is 10.3. The van der Waals surface area contributed by atoms with Crippen molar-refractivity contribution in [3.8, 4) is 0 Å². The van der Waals surface area contributed by atoms with Crippen molar-refractivity contribution in [3.05, 3.63) is 0 Å². The molecule has 0 aliphatic carbocycles. The summed E-state index contributed by atoms with van der Waals surface area (Å²) in [7, 11) is 0. The van der Waals surface area contributed by atoms with Gasteiger partial charge in [-0.2, -0.15) is 25.3 Å². The van der Waals surface area contributed by atoms with Crippen molar-refractivity contribution >= 4 is 54.9 Å². The van der Waals surface area contributed by atoms with Crippen molar-refractivity contribution in [1.29, 1.82) is 0 Å². The van der Waals surface area contributed by atoms with Gasteiger partial charge in [-0.15, -0.1) is 0 Å². The number of aliphatic carboxylic acids is 2. The van der Waals surface area contributed by atoms with Crippen LogP contribution in [-0.2, 0) is 24.0 Å². The van der Waals surface area contributed by atoms with Gasteiger partial charge in [-0.25, -0.2) is 4.79 Å². The first-order valence-corrected chi connectivity index (χ1v) is 10.2. The molecule has 29 heavy (non-hydrogen) atoms. The van der Waals surface area contributed by atoms with Crippen LogP contribution < -0.4 is 16.4 Å². The zero-order valence-corrected chi connectivity index (χ0v) is 17.4. The molecule has 0 bridgehead atoms. The van der Waals surface area contributed by atoms with E-state index in [4.69, 9.17) is 15.9 Å². The van der Waals surface area contributed by atoms with E-state index in [9.17, 15) is 24.0 Å². The molecule has 1 aliphatic heterocycles. The highest BCUT2D eigenvalue weighted by atomic mass is 32.1. The minimum absolute atomic E-state index is 0.0546. The molecular formula is C16H26N4O7S2. The van der Waals surface area contributed by atoms with E-state index in [-0.39, 0.29) is 30.9 Å². The summed E-state index contributed by atoms with van der Waals surface area (Å²) in [6, 6.07) is -4.23. The van der Waals surface area contributed by atoms with Crippen LogP contribution in [0.1, 0.15) is 25.7 Å². The first kappa shape index (κ1) is 25.0. The van der Waals surface area contributed by atoms with Crippen LogP contribution in [0.3, 0.4) is 0 Å². The number of rotatable bonds is 11. The predicted molar refractivity (Wildman–Crippen MR) is 109 cm³/mol. The highest BCUT2D eigenvalue weighted by Crippen LogP contribution is 2.19. The number of carboxylic acids is 2. The third kappa shape index (κ3) is 7.40. The Morgan fingerprint density at radius 3 is 2.21 bits per heavy atom. The lowest BCUT2D eigenvalue weighted by Gasteiger charge is -2.28. The van der Waals surface area contributed by atoms with Crippen molar-refractivity contribution < 1.29 is 34.2 Å². The minimum Gasteiger partial charge on any atom is -0.481 e. The normalized spacial score (nSPS) is 19.1. The standard InChI is InChI=1S/C16H26N4O7S2/c17-8(3-4-12(21)22)15(25)20-5-1-2-11(20)14(24)18-9(6-28)13(23)19-10(7-29)16(26)27/h8-11,28-29H,1-7,17H2,(H,18,24)(H,19,23)(H,21,22)(H,26,27). The van der Waals surface area contributed by atoms with Gasteiger partial charge in [-0.05, 0) is 19.3 Å². The molecular weight excluding hydrogens is 424 g/mol. The molecule has 0 saturated carbocycles. The average Bonchev–Trinajstić information content (AvgIpc) is 3.16. The fourth-order valence-electron chi connectivity index (χ4n) is 2.84. The van der Waals surface area contributed by atoms with Crippen molar-refractivity contribution in [1.82, 2.24) is 15.5 Å². The fourth-order valence-corrected chi connectivity index (χ4v) is 3.34. The van der Waals surface area contributed by atoms with Gasteiger partial charge in [-0.1, -0.05) is 0 Å². The highest BCUT2D eigenvalue weighted by molar-refractivity contribution is 7.80. The fraction of sp³-hybridized carbons (Fsp3) is 0.688. The van der Waals surface area contributed by atoms with E-state index in [1.807, 2.05) is 0 Å². The molecule has 1 heterocycles. The Morgan fingerprint density at radius 1 is 1.07 bits per heavy atom. The van der Waals surface area contributed by atoms with Crippen LogP contribution in [0.4, 0.5) is 0 Å². The SMILES string of the molecule is NC(CCC(=O)O)C(=O)N1CCCC1C(=O)NC(CS)C(=O)NC(CS)C(=O)O. The van der Waals surface area contributed by atoms with Gasteiger partial charge >= 0.3 is 11.9 Å². The summed E-state index contributed by atoms with van der Waals surface area (Å²) in [5.74, 6) is -4.41. The predicted octanol–water partition coefficient (Wildman–Crippen LogP) is -1.92. The van der Waals surface area contributed by atoms with Crippen molar-refractivity contribution in [2.24, 2.45) is 5.73 Å². The number of hydrogen-bond acceptors (Lipinski definition) is 8. The van der Waals surface area contributed by atoms with Gasteiger partial charge in [0.05, 0.1) is 6.04 Å². The Labute approximate surface area is 178 Å². The van der Waals surface area contributed by atoms with Gasteiger partial charge < -0.3 is 31.5 Å². The quantitative estimate of drug-likeness (QED) is 0.178. The van der Waals surface area contributed by atoms with Crippen LogP contribution in [-0.4, -0.2) is 87.0 Å². The van der Waals surface area contributed by atoms with Crippen LogP contribution in [0.2, 0.25) is 0 Å². The Bertz CT molecular complexity index is 649. The smallest absolute Gasteiger partial charge is 0.327 e. The lowest BCUT2D eigenvalue weighted by molar-refractivity contribution is -0.142. The van der Waals surface area contributed by atoms with Crippen LogP contribution in [0, 0.1) is 0 Å². The first-order chi connectivity index (χ1) is 13.6. The summed E-state index contributed by atoms with van der Waals surface area (Å²) in [4.78, 5) is 60.3. The Hall–Kier alpha value is -1.99. The van der Waals surface area contributed by atoms with E-state index >= 15 is 0 Å². The molecule has 1 fully saturated rings. The van der Waals surface area contributed by atoms with Crippen LogP contribution in [0.25, 0.3) is 0 Å². The van der Waals surface area contributed by atoms with Crippen LogP contribution >= 0.6 is 25.3 Å². The molecule has 0 aromatic rings.